The average Bonchev–Trinajstić information content (AvgIpc) is 3.40. The first-order chi connectivity index (χ1) is 16.4. The molecule has 0 saturated carbocycles. The number of carbonyl (C=O) groups is 2. The topological polar surface area (TPSA) is 86.1 Å². The van der Waals surface area contributed by atoms with Gasteiger partial charge in [-0.1, -0.05) is 11.3 Å². The molecule has 0 spiro atoms. The van der Waals surface area contributed by atoms with Crippen LogP contribution in [0.4, 0.5) is 9.52 Å². The number of imidazole rings is 1. The smallest absolute Gasteiger partial charge is 0.234 e. The number of hydrogen-bond donors (Lipinski definition) is 1. The zero-order valence-corrected chi connectivity index (χ0v) is 19.9. The first kappa shape index (κ1) is 22.7. The third kappa shape index (κ3) is 5.05. The SMILES string of the molecule is CC(=O)N1CCC(NC(=O)CN2CCN(c3nn4cc(-c5ccc(F)cc5)nc4s3)CC2)CC1. The van der Waals surface area contributed by atoms with Gasteiger partial charge in [0, 0.05) is 57.8 Å². The Labute approximate surface area is 201 Å². The monoisotopic (exact) mass is 485 g/mol. The normalized spacial score (nSPS) is 17.9. The van der Waals surface area contributed by atoms with Gasteiger partial charge in [-0.05, 0) is 37.1 Å². The van der Waals surface area contributed by atoms with Gasteiger partial charge in [0.25, 0.3) is 0 Å². The summed E-state index contributed by atoms with van der Waals surface area (Å²) in [6.07, 6.45) is 3.49. The minimum Gasteiger partial charge on any atom is -0.352 e. The molecule has 2 aliphatic rings. The van der Waals surface area contributed by atoms with Gasteiger partial charge in [-0.15, -0.1) is 5.10 Å². The van der Waals surface area contributed by atoms with Gasteiger partial charge in [0.1, 0.15) is 5.82 Å². The Morgan fingerprint density at radius 2 is 1.79 bits per heavy atom. The highest BCUT2D eigenvalue weighted by Crippen LogP contribution is 2.27. The molecule has 9 nitrogen and oxygen atoms in total. The lowest BCUT2D eigenvalue weighted by atomic mass is 10.1. The Bertz CT molecular complexity index is 1130. The second kappa shape index (κ2) is 9.67. The molecule has 0 atom stereocenters. The Hall–Kier alpha value is -3.05. The van der Waals surface area contributed by atoms with Crippen molar-refractivity contribution in [2.45, 2.75) is 25.8 Å². The van der Waals surface area contributed by atoms with Crippen molar-refractivity contribution < 1.29 is 14.0 Å². The third-order valence-electron chi connectivity index (χ3n) is 6.49. The van der Waals surface area contributed by atoms with Crippen LogP contribution in [0, 0.1) is 5.82 Å². The largest absolute Gasteiger partial charge is 0.352 e. The zero-order valence-electron chi connectivity index (χ0n) is 19.1. The molecule has 0 bridgehead atoms. The van der Waals surface area contributed by atoms with Gasteiger partial charge in [0.05, 0.1) is 18.4 Å². The number of benzene rings is 1. The first-order valence-corrected chi connectivity index (χ1v) is 12.4. The van der Waals surface area contributed by atoms with Crippen LogP contribution in [0.5, 0.6) is 0 Å². The third-order valence-corrected chi connectivity index (χ3v) is 7.47. The molecule has 0 radical (unpaired) electrons. The number of nitrogens with one attached hydrogen (secondary N) is 1. The number of piperidine rings is 1. The molecule has 2 amide bonds. The van der Waals surface area contributed by atoms with Crippen molar-refractivity contribution in [3.63, 3.8) is 0 Å². The quantitative estimate of drug-likeness (QED) is 0.594. The van der Waals surface area contributed by atoms with Gasteiger partial charge < -0.3 is 15.1 Å². The number of fused-ring (bicyclic) bond motifs is 1. The molecule has 34 heavy (non-hydrogen) atoms. The van der Waals surface area contributed by atoms with Crippen molar-refractivity contribution in [1.29, 1.82) is 0 Å². The standard InChI is InChI=1S/C23H28FN7O2S/c1-16(32)29-8-6-19(7-9-29)25-21(33)15-28-10-12-30(13-11-28)23-27-31-14-20(26-22(31)34-23)17-2-4-18(24)5-3-17/h2-5,14,19H,6-13,15H2,1H3,(H,25,33). The maximum Gasteiger partial charge on any atom is 0.234 e. The summed E-state index contributed by atoms with van der Waals surface area (Å²) >= 11 is 1.53. The summed E-state index contributed by atoms with van der Waals surface area (Å²) in [6, 6.07) is 6.44. The molecular formula is C23H28FN7O2S. The van der Waals surface area contributed by atoms with Crippen molar-refractivity contribution in [2.24, 2.45) is 0 Å². The van der Waals surface area contributed by atoms with E-state index in [1.165, 1.54) is 23.5 Å². The number of amides is 2. The van der Waals surface area contributed by atoms with Crippen molar-refractivity contribution in [3.8, 4) is 11.3 Å². The summed E-state index contributed by atoms with van der Waals surface area (Å²) in [5.41, 5.74) is 1.63. The van der Waals surface area contributed by atoms with Crippen LogP contribution in [0.2, 0.25) is 0 Å². The number of halogens is 1. The van der Waals surface area contributed by atoms with Gasteiger partial charge in [-0.2, -0.15) is 0 Å². The summed E-state index contributed by atoms with van der Waals surface area (Å²) in [5, 5.41) is 8.72. The van der Waals surface area contributed by atoms with Gasteiger partial charge in [0.15, 0.2) is 0 Å². The Kier molecular flexibility index (Phi) is 6.46. The number of aromatic nitrogens is 3. The van der Waals surface area contributed by atoms with E-state index in [-0.39, 0.29) is 23.7 Å². The summed E-state index contributed by atoms with van der Waals surface area (Å²) in [6.45, 7) is 6.58. The predicted octanol–water partition coefficient (Wildman–Crippen LogP) is 1.85. The van der Waals surface area contributed by atoms with Crippen molar-refractivity contribution in [2.75, 3.05) is 50.7 Å². The van der Waals surface area contributed by atoms with Crippen LogP contribution >= 0.6 is 11.3 Å². The minimum absolute atomic E-state index is 0.0516. The molecule has 11 heteroatoms. The second-order valence-electron chi connectivity index (χ2n) is 8.86. The molecule has 1 N–H and O–H groups in total. The number of carbonyl (C=O) groups excluding carboxylic acids is 2. The highest BCUT2D eigenvalue weighted by Gasteiger charge is 2.25. The molecule has 0 unspecified atom stereocenters. The molecule has 2 saturated heterocycles. The highest BCUT2D eigenvalue weighted by molar-refractivity contribution is 7.20. The summed E-state index contributed by atoms with van der Waals surface area (Å²) in [4.78, 5) is 35.6. The Morgan fingerprint density at radius 1 is 1.09 bits per heavy atom. The zero-order chi connectivity index (χ0) is 23.7. The lowest BCUT2D eigenvalue weighted by Gasteiger charge is -2.35. The fourth-order valence-electron chi connectivity index (χ4n) is 4.49. The van der Waals surface area contributed by atoms with E-state index in [1.54, 1.807) is 23.6 Å². The van der Waals surface area contributed by atoms with E-state index in [0.29, 0.717) is 19.6 Å². The number of anilines is 1. The van der Waals surface area contributed by atoms with Crippen LogP contribution in [0.25, 0.3) is 16.2 Å². The molecule has 4 heterocycles. The summed E-state index contributed by atoms with van der Waals surface area (Å²) in [7, 11) is 0. The van der Waals surface area contributed by atoms with Gasteiger partial charge in [-0.3, -0.25) is 14.5 Å². The molecular weight excluding hydrogens is 457 g/mol. The molecule has 1 aromatic carbocycles. The Morgan fingerprint density at radius 3 is 2.44 bits per heavy atom. The summed E-state index contributed by atoms with van der Waals surface area (Å²) in [5.74, 6) is -0.114. The molecule has 2 aliphatic heterocycles. The van der Waals surface area contributed by atoms with E-state index < -0.39 is 0 Å². The molecule has 2 fully saturated rings. The molecule has 0 aliphatic carbocycles. The number of rotatable bonds is 5. The number of piperazine rings is 1. The van der Waals surface area contributed by atoms with E-state index in [0.717, 1.165) is 60.4 Å². The van der Waals surface area contributed by atoms with E-state index in [9.17, 15) is 14.0 Å². The average molecular weight is 486 g/mol. The number of hydrogen-bond acceptors (Lipinski definition) is 7. The molecule has 3 aromatic rings. The van der Waals surface area contributed by atoms with Crippen molar-refractivity contribution >= 4 is 33.2 Å². The predicted molar refractivity (Wildman–Crippen MR) is 128 cm³/mol. The van der Waals surface area contributed by atoms with E-state index in [4.69, 9.17) is 0 Å². The molecule has 2 aromatic heterocycles. The van der Waals surface area contributed by atoms with E-state index >= 15 is 0 Å². The lowest BCUT2D eigenvalue weighted by molar-refractivity contribution is -0.130. The van der Waals surface area contributed by atoms with Crippen LogP contribution in [0.3, 0.4) is 0 Å². The molecule has 180 valence electrons. The van der Waals surface area contributed by atoms with Crippen molar-refractivity contribution in [3.05, 3.63) is 36.3 Å². The fraction of sp³-hybridized carbons (Fsp3) is 0.478. The maximum atomic E-state index is 13.2. The van der Waals surface area contributed by atoms with Crippen LogP contribution in [0.15, 0.2) is 30.5 Å². The minimum atomic E-state index is -0.267. The first-order valence-electron chi connectivity index (χ1n) is 11.6. The highest BCUT2D eigenvalue weighted by atomic mass is 32.1. The van der Waals surface area contributed by atoms with Gasteiger partial charge >= 0.3 is 0 Å². The van der Waals surface area contributed by atoms with Gasteiger partial charge in [-0.25, -0.2) is 13.9 Å². The van der Waals surface area contributed by atoms with Crippen LogP contribution in [-0.4, -0.2) is 88.1 Å². The van der Waals surface area contributed by atoms with Gasteiger partial charge in [0.2, 0.25) is 21.9 Å². The van der Waals surface area contributed by atoms with Crippen molar-refractivity contribution in [1.82, 2.24) is 29.7 Å². The van der Waals surface area contributed by atoms with Crippen LogP contribution < -0.4 is 10.2 Å². The van der Waals surface area contributed by atoms with E-state index in [2.05, 4.69) is 25.2 Å². The second-order valence-corrected chi connectivity index (χ2v) is 9.79. The molecule has 5 rings (SSSR count). The lowest BCUT2D eigenvalue weighted by Crippen LogP contribution is -2.52. The van der Waals surface area contributed by atoms with Crippen LogP contribution in [0.1, 0.15) is 19.8 Å². The van der Waals surface area contributed by atoms with Crippen LogP contribution in [-0.2, 0) is 9.59 Å². The number of nitrogens with zero attached hydrogens (tertiary/aromatic N) is 6. The Balaban J connectivity index is 1.10. The number of likely N-dealkylation sites (tertiary alicyclic amines) is 1. The fourth-order valence-corrected chi connectivity index (χ4v) is 5.42. The summed E-state index contributed by atoms with van der Waals surface area (Å²) < 4.78 is 14.9. The van der Waals surface area contributed by atoms with E-state index in [1.807, 2.05) is 11.1 Å². The maximum absolute atomic E-state index is 13.2.